The molecule has 0 aliphatic heterocycles. The van der Waals surface area contributed by atoms with Crippen LogP contribution in [0.15, 0.2) is 48.5 Å². The van der Waals surface area contributed by atoms with Crippen molar-refractivity contribution in [2.75, 3.05) is 11.9 Å². The Morgan fingerprint density at radius 1 is 1.07 bits per heavy atom. The lowest BCUT2D eigenvalue weighted by molar-refractivity contribution is -0.131. The van der Waals surface area contributed by atoms with Gasteiger partial charge in [-0.2, -0.15) is 0 Å². The Balaban J connectivity index is 2.01. The molecule has 0 saturated carbocycles. The van der Waals surface area contributed by atoms with Crippen molar-refractivity contribution in [3.05, 3.63) is 65.5 Å². The molecule has 2 aromatic carbocycles. The maximum atomic E-state index is 13.0. The Morgan fingerprint density at radius 2 is 1.74 bits per heavy atom. The molecular weight excluding hydrogens is 345 g/mol. The van der Waals surface area contributed by atoms with Crippen molar-refractivity contribution in [2.24, 2.45) is 11.1 Å². The molecule has 2 rings (SSSR count). The quantitative estimate of drug-likeness (QED) is 0.664. The van der Waals surface area contributed by atoms with E-state index < -0.39 is 11.2 Å². The van der Waals surface area contributed by atoms with Crippen LogP contribution in [0.25, 0.3) is 0 Å². The minimum absolute atomic E-state index is 0.0595. The largest absolute Gasteiger partial charge is 0.352 e. The van der Waals surface area contributed by atoms with Crippen molar-refractivity contribution in [3.63, 3.8) is 0 Å². The Hall–Kier alpha value is -2.73. The summed E-state index contributed by atoms with van der Waals surface area (Å²) >= 11 is 0. The number of nitrogens with one attached hydrogen (secondary N) is 2. The monoisotopic (exact) mass is 371 g/mol. The van der Waals surface area contributed by atoms with Crippen LogP contribution in [0.2, 0.25) is 0 Å². The smallest absolute Gasteiger partial charge is 0.255 e. The average molecular weight is 371 g/mol. The fourth-order valence-corrected chi connectivity index (χ4v) is 2.89. The van der Waals surface area contributed by atoms with Crippen molar-refractivity contribution in [3.8, 4) is 0 Å². The molecule has 0 spiro atoms. The molecule has 0 unspecified atom stereocenters. The molecule has 0 saturated heterocycles. The van der Waals surface area contributed by atoms with E-state index in [1.165, 1.54) is 24.3 Å². The minimum atomic E-state index is -0.547. The third-order valence-electron chi connectivity index (χ3n) is 4.97. The molecule has 0 aromatic heterocycles. The molecule has 0 radical (unpaired) electrons. The Morgan fingerprint density at radius 3 is 2.33 bits per heavy atom. The molecule has 144 valence electrons. The van der Waals surface area contributed by atoms with Gasteiger partial charge >= 0.3 is 0 Å². The number of carbonyl (C=O) groups is 2. The molecule has 0 aliphatic carbocycles. The van der Waals surface area contributed by atoms with Gasteiger partial charge < -0.3 is 16.4 Å². The number of benzene rings is 2. The van der Waals surface area contributed by atoms with Crippen molar-refractivity contribution >= 4 is 17.5 Å². The maximum Gasteiger partial charge on any atom is 0.255 e. The molecule has 4 N–H and O–H groups in total. The second-order valence-corrected chi connectivity index (χ2v) is 6.54. The summed E-state index contributed by atoms with van der Waals surface area (Å²) < 4.78 is 13.0. The van der Waals surface area contributed by atoms with Gasteiger partial charge in [0.2, 0.25) is 5.91 Å². The van der Waals surface area contributed by atoms with Gasteiger partial charge in [0.05, 0.1) is 5.41 Å². The summed E-state index contributed by atoms with van der Waals surface area (Å²) in [6, 6.07) is 12.6. The van der Waals surface area contributed by atoms with E-state index in [-0.39, 0.29) is 11.8 Å². The van der Waals surface area contributed by atoms with Gasteiger partial charge in [-0.25, -0.2) is 4.39 Å². The fraction of sp³-hybridized carbons (Fsp3) is 0.333. The summed E-state index contributed by atoms with van der Waals surface area (Å²) in [7, 11) is 0. The molecule has 2 amide bonds. The summed E-state index contributed by atoms with van der Waals surface area (Å²) in [6.07, 6.45) is 1.36. The summed E-state index contributed by atoms with van der Waals surface area (Å²) in [5, 5.41) is 5.71. The number of rotatable bonds is 8. The first-order chi connectivity index (χ1) is 12.9. The number of hydrogen-bond acceptors (Lipinski definition) is 3. The van der Waals surface area contributed by atoms with Crippen LogP contribution in [0.4, 0.5) is 10.1 Å². The van der Waals surface area contributed by atoms with E-state index in [1.54, 1.807) is 18.2 Å². The summed E-state index contributed by atoms with van der Waals surface area (Å²) in [4.78, 5) is 24.7. The van der Waals surface area contributed by atoms with E-state index in [0.29, 0.717) is 37.2 Å². The molecule has 2 aromatic rings. The van der Waals surface area contributed by atoms with Crippen LogP contribution >= 0.6 is 0 Å². The lowest BCUT2D eigenvalue weighted by Gasteiger charge is -2.28. The van der Waals surface area contributed by atoms with E-state index in [4.69, 9.17) is 5.73 Å². The average Bonchev–Trinajstić information content (AvgIpc) is 2.69. The van der Waals surface area contributed by atoms with Gasteiger partial charge in [0, 0.05) is 24.3 Å². The van der Waals surface area contributed by atoms with Gasteiger partial charge in [-0.3, -0.25) is 9.59 Å². The molecular formula is C21H26FN3O2. The Labute approximate surface area is 159 Å². The molecule has 0 heterocycles. The highest BCUT2D eigenvalue weighted by Gasteiger charge is 2.32. The van der Waals surface area contributed by atoms with Gasteiger partial charge in [0.1, 0.15) is 5.82 Å². The second kappa shape index (κ2) is 9.28. The van der Waals surface area contributed by atoms with E-state index in [2.05, 4.69) is 10.6 Å². The number of hydrogen-bond donors (Lipinski definition) is 3. The maximum absolute atomic E-state index is 13.0. The van der Waals surface area contributed by atoms with Crippen molar-refractivity contribution in [1.82, 2.24) is 5.32 Å². The fourth-order valence-electron chi connectivity index (χ4n) is 2.89. The molecule has 0 atom stereocenters. The van der Waals surface area contributed by atoms with E-state index in [1.807, 2.05) is 19.9 Å². The molecule has 0 aliphatic rings. The lowest BCUT2D eigenvalue weighted by atomic mass is 9.81. The number of halogens is 1. The molecule has 6 heteroatoms. The van der Waals surface area contributed by atoms with Gasteiger partial charge in [0.25, 0.3) is 5.91 Å². The van der Waals surface area contributed by atoms with Gasteiger partial charge in [-0.15, -0.1) is 0 Å². The van der Waals surface area contributed by atoms with Crippen molar-refractivity contribution < 1.29 is 14.0 Å². The summed E-state index contributed by atoms with van der Waals surface area (Å²) in [5.74, 6) is -0.775. The number of anilines is 1. The third kappa shape index (κ3) is 5.14. The first kappa shape index (κ1) is 20.6. The van der Waals surface area contributed by atoms with Crippen LogP contribution in [0.5, 0.6) is 0 Å². The standard InChI is InChI=1S/C21H26FN3O2/c1-3-21(4-2,14-23)20(27)24-13-15-6-5-7-18(12-15)25-19(26)16-8-10-17(22)11-9-16/h5-12H,3-4,13-14,23H2,1-2H3,(H,24,27)(H,25,26). The first-order valence-electron chi connectivity index (χ1n) is 9.08. The predicted molar refractivity (Wildman–Crippen MR) is 105 cm³/mol. The molecule has 0 fully saturated rings. The highest BCUT2D eigenvalue weighted by Crippen LogP contribution is 2.25. The normalized spacial score (nSPS) is 11.1. The zero-order chi connectivity index (χ0) is 19.9. The Bertz CT molecular complexity index is 778. The van der Waals surface area contributed by atoms with Crippen LogP contribution in [-0.2, 0) is 11.3 Å². The van der Waals surface area contributed by atoms with Gasteiger partial charge in [0.15, 0.2) is 0 Å². The van der Waals surface area contributed by atoms with Gasteiger partial charge in [-0.1, -0.05) is 26.0 Å². The third-order valence-corrected chi connectivity index (χ3v) is 4.97. The highest BCUT2D eigenvalue weighted by atomic mass is 19.1. The molecule has 5 nitrogen and oxygen atoms in total. The topological polar surface area (TPSA) is 84.2 Å². The predicted octanol–water partition coefficient (Wildman–Crippen LogP) is 3.46. The van der Waals surface area contributed by atoms with Gasteiger partial charge in [-0.05, 0) is 54.8 Å². The second-order valence-electron chi connectivity index (χ2n) is 6.54. The van der Waals surface area contributed by atoms with E-state index >= 15 is 0 Å². The highest BCUT2D eigenvalue weighted by molar-refractivity contribution is 6.04. The molecule has 27 heavy (non-hydrogen) atoms. The minimum Gasteiger partial charge on any atom is -0.352 e. The van der Waals surface area contributed by atoms with Crippen molar-refractivity contribution in [1.29, 1.82) is 0 Å². The van der Waals surface area contributed by atoms with Crippen LogP contribution in [-0.4, -0.2) is 18.4 Å². The zero-order valence-corrected chi connectivity index (χ0v) is 15.7. The Kier molecular flexibility index (Phi) is 7.07. The van der Waals surface area contributed by atoms with Crippen LogP contribution in [0.3, 0.4) is 0 Å². The van der Waals surface area contributed by atoms with Crippen LogP contribution < -0.4 is 16.4 Å². The lowest BCUT2D eigenvalue weighted by Crippen LogP contribution is -2.45. The van der Waals surface area contributed by atoms with Crippen LogP contribution in [0, 0.1) is 11.2 Å². The summed E-state index contributed by atoms with van der Waals surface area (Å²) in [5.41, 5.74) is 7.10. The van der Waals surface area contributed by atoms with Crippen molar-refractivity contribution in [2.45, 2.75) is 33.2 Å². The zero-order valence-electron chi connectivity index (χ0n) is 15.7. The number of carbonyl (C=O) groups excluding carboxylic acids is 2. The van der Waals surface area contributed by atoms with E-state index in [9.17, 15) is 14.0 Å². The van der Waals surface area contributed by atoms with Crippen LogP contribution in [0.1, 0.15) is 42.6 Å². The van der Waals surface area contributed by atoms with E-state index in [0.717, 1.165) is 5.56 Å². The summed E-state index contributed by atoms with van der Waals surface area (Å²) in [6.45, 7) is 4.57. The molecule has 0 bridgehead atoms. The first-order valence-corrected chi connectivity index (χ1v) is 9.08. The SMILES string of the molecule is CCC(CC)(CN)C(=O)NCc1cccc(NC(=O)c2ccc(F)cc2)c1. The number of nitrogens with two attached hydrogens (primary N) is 1. The number of amides is 2.